The third-order valence-electron chi connectivity index (χ3n) is 4.52. The number of carboxylic acid groups (broad SMARTS) is 1. The largest absolute Gasteiger partial charge is 0.481 e. The molecule has 4 nitrogen and oxygen atoms in total. The average molecular weight is 436 g/mol. The van der Waals surface area contributed by atoms with Crippen molar-refractivity contribution in [2.75, 3.05) is 0 Å². The average Bonchev–Trinajstić information content (AvgIpc) is 3.23. The first-order valence-electron chi connectivity index (χ1n) is 11.4. The Hall–Kier alpha value is -3.14. The molecule has 0 fully saturated rings. The third-order valence-corrected chi connectivity index (χ3v) is 4.52. The van der Waals surface area contributed by atoms with Gasteiger partial charge < -0.3 is 5.11 Å². The predicted octanol–water partition coefficient (Wildman–Crippen LogP) is 7.23. The Morgan fingerprint density at radius 1 is 0.781 bits per heavy atom. The number of hydrogen-bond acceptors (Lipinski definition) is 2. The highest BCUT2D eigenvalue weighted by atomic mass is 16.4. The van der Waals surface area contributed by atoms with Gasteiger partial charge in [-0.25, -0.2) is 0 Å². The Morgan fingerprint density at radius 3 is 1.72 bits per heavy atom. The first-order chi connectivity index (χ1) is 15.6. The lowest BCUT2D eigenvalue weighted by atomic mass is 10.2. The monoisotopic (exact) mass is 435 g/mol. The van der Waals surface area contributed by atoms with Gasteiger partial charge in [0.1, 0.15) is 0 Å². The number of carbonyl (C=O) groups excluding carboxylic acids is 1. The van der Waals surface area contributed by atoms with Gasteiger partial charge in [-0.05, 0) is 56.6 Å². The zero-order valence-electron chi connectivity index (χ0n) is 19.2. The van der Waals surface area contributed by atoms with Crippen LogP contribution in [0.2, 0.25) is 0 Å². The van der Waals surface area contributed by atoms with Gasteiger partial charge in [-0.15, -0.1) is 0 Å². The van der Waals surface area contributed by atoms with Gasteiger partial charge in [0, 0.05) is 18.8 Å². The molecule has 1 aromatic heterocycles. The normalized spacial score (nSPS) is 12.7. The summed E-state index contributed by atoms with van der Waals surface area (Å²) in [6.07, 6.45) is 36.0. The number of allylic oxidation sites excluding steroid dienone is 12. The van der Waals surface area contributed by atoms with Crippen LogP contribution in [0.15, 0.2) is 91.4 Å². The standard InChI is InChI=1S/C28H37NO3/c1-2-3-4-5-6-7-8-9-10-11-12-13-14-15-16-17-18-19-20-21-27(30)29-23-22-26(25-29)24-28(31)32/h3-4,6-7,9-10,12-13,15-16,18-19,22-23,25H,2,5,8,11,14,17,20-21,24H2,1H3,(H,31,32). The molecule has 1 rings (SSSR count). The van der Waals surface area contributed by atoms with Crippen LogP contribution in [0, 0.1) is 0 Å². The van der Waals surface area contributed by atoms with E-state index in [0.29, 0.717) is 18.4 Å². The maximum absolute atomic E-state index is 12.1. The van der Waals surface area contributed by atoms with E-state index in [1.807, 2.05) is 6.08 Å². The van der Waals surface area contributed by atoms with Gasteiger partial charge in [-0.2, -0.15) is 0 Å². The molecule has 1 heterocycles. The van der Waals surface area contributed by atoms with Crippen molar-refractivity contribution in [1.82, 2.24) is 4.57 Å². The first-order valence-corrected chi connectivity index (χ1v) is 11.4. The Balaban J connectivity index is 2.06. The summed E-state index contributed by atoms with van der Waals surface area (Å²) in [5.74, 6) is -0.922. The van der Waals surface area contributed by atoms with Crippen molar-refractivity contribution in [2.24, 2.45) is 0 Å². The predicted molar refractivity (Wildman–Crippen MR) is 134 cm³/mol. The molecule has 0 aromatic carbocycles. The van der Waals surface area contributed by atoms with Gasteiger partial charge in [-0.3, -0.25) is 14.2 Å². The summed E-state index contributed by atoms with van der Waals surface area (Å²) in [6, 6.07) is 1.67. The number of aliphatic carboxylic acids is 1. The van der Waals surface area contributed by atoms with Crippen molar-refractivity contribution < 1.29 is 14.7 Å². The van der Waals surface area contributed by atoms with Crippen LogP contribution in [0.5, 0.6) is 0 Å². The second-order valence-corrected chi connectivity index (χ2v) is 7.35. The molecular weight excluding hydrogens is 398 g/mol. The number of carbonyl (C=O) groups is 2. The van der Waals surface area contributed by atoms with E-state index < -0.39 is 5.97 Å². The minimum atomic E-state index is -0.895. The molecule has 172 valence electrons. The maximum atomic E-state index is 12.1. The van der Waals surface area contributed by atoms with Crippen LogP contribution in [0.3, 0.4) is 0 Å². The number of nitrogens with zero attached hydrogens (tertiary/aromatic N) is 1. The van der Waals surface area contributed by atoms with E-state index in [2.05, 4.69) is 73.8 Å². The van der Waals surface area contributed by atoms with Gasteiger partial charge in [0.15, 0.2) is 0 Å². The quantitative estimate of drug-likeness (QED) is 0.279. The molecule has 0 spiro atoms. The van der Waals surface area contributed by atoms with Crippen molar-refractivity contribution in [3.8, 4) is 0 Å². The third kappa shape index (κ3) is 14.8. The van der Waals surface area contributed by atoms with E-state index in [-0.39, 0.29) is 12.3 Å². The molecule has 1 N–H and O–H groups in total. The molecule has 0 unspecified atom stereocenters. The molecule has 0 aliphatic rings. The van der Waals surface area contributed by atoms with Crippen LogP contribution in [0.1, 0.15) is 68.6 Å². The number of carboxylic acids is 1. The highest BCUT2D eigenvalue weighted by molar-refractivity contribution is 5.79. The smallest absolute Gasteiger partial charge is 0.307 e. The van der Waals surface area contributed by atoms with Crippen molar-refractivity contribution in [3.63, 3.8) is 0 Å². The Morgan fingerprint density at radius 2 is 1.25 bits per heavy atom. The molecule has 0 radical (unpaired) electrons. The SMILES string of the molecule is CCC=CCC=CCC=CCC=CCC=CCC=CCCC(=O)n1ccc(CC(=O)O)c1. The van der Waals surface area contributed by atoms with Crippen LogP contribution in [0.4, 0.5) is 0 Å². The van der Waals surface area contributed by atoms with Crippen LogP contribution < -0.4 is 0 Å². The zero-order chi connectivity index (χ0) is 23.3. The van der Waals surface area contributed by atoms with Crippen LogP contribution in [-0.4, -0.2) is 21.6 Å². The summed E-state index contributed by atoms with van der Waals surface area (Å²) in [5, 5.41) is 8.77. The van der Waals surface area contributed by atoms with Gasteiger partial charge in [-0.1, -0.05) is 79.8 Å². The topological polar surface area (TPSA) is 59.3 Å². The first kappa shape index (κ1) is 26.9. The zero-order valence-corrected chi connectivity index (χ0v) is 19.2. The molecule has 0 saturated carbocycles. The Kier molecular flexibility index (Phi) is 15.6. The molecule has 0 amide bonds. The maximum Gasteiger partial charge on any atom is 0.307 e. The number of aromatic nitrogens is 1. The lowest BCUT2D eigenvalue weighted by Crippen LogP contribution is -2.07. The van der Waals surface area contributed by atoms with Gasteiger partial charge in [0.25, 0.3) is 0 Å². The van der Waals surface area contributed by atoms with Crippen molar-refractivity contribution in [3.05, 3.63) is 96.9 Å². The van der Waals surface area contributed by atoms with Crippen molar-refractivity contribution in [1.29, 1.82) is 0 Å². The molecule has 0 aliphatic carbocycles. The molecule has 0 aliphatic heterocycles. The van der Waals surface area contributed by atoms with Crippen molar-refractivity contribution >= 4 is 11.9 Å². The lowest BCUT2D eigenvalue weighted by Gasteiger charge is -1.99. The van der Waals surface area contributed by atoms with Gasteiger partial charge >= 0.3 is 5.97 Å². The summed E-state index contributed by atoms with van der Waals surface area (Å²) in [7, 11) is 0. The summed E-state index contributed by atoms with van der Waals surface area (Å²) < 4.78 is 1.47. The number of hydrogen-bond donors (Lipinski definition) is 1. The fraction of sp³-hybridized carbons (Fsp3) is 0.357. The molecule has 0 atom stereocenters. The fourth-order valence-electron chi connectivity index (χ4n) is 2.85. The summed E-state index contributed by atoms with van der Waals surface area (Å²) in [6.45, 7) is 2.15. The van der Waals surface area contributed by atoms with E-state index in [1.54, 1.807) is 18.5 Å². The second-order valence-electron chi connectivity index (χ2n) is 7.35. The summed E-state index contributed by atoms with van der Waals surface area (Å²) in [4.78, 5) is 22.8. The van der Waals surface area contributed by atoms with E-state index in [4.69, 9.17) is 5.11 Å². The number of rotatable bonds is 16. The van der Waals surface area contributed by atoms with Crippen molar-refractivity contribution in [2.45, 2.75) is 64.7 Å². The van der Waals surface area contributed by atoms with E-state index in [0.717, 1.165) is 38.5 Å². The highest BCUT2D eigenvalue weighted by Crippen LogP contribution is 2.05. The van der Waals surface area contributed by atoms with E-state index in [9.17, 15) is 9.59 Å². The fourth-order valence-corrected chi connectivity index (χ4v) is 2.85. The molecule has 0 bridgehead atoms. The van der Waals surface area contributed by atoms with Gasteiger partial charge in [0.05, 0.1) is 6.42 Å². The Labute approximate surface area is 193 Å². The van der Waals surface area contributed by atoms with Gasteiger partial charge in [0.2, 0.25) is 5.91 Å². The second kappa shape index (κ2) is 18.6. The van der Waals surface area contributed by atoms with E-state index >= 15 is 0 Å². The summed E-state index contributed by atoms with van der Waals surface area (Å²) in [5.41, 5.74) is 0.639. The minimum Gasteiger partial charge on any atom is -0.481 e. The van der Waals surface area contributed by atoms with Crippen LogP contribution >= 0.6 is 0 Å². The van der Waals surface area contributed by atoms with Crippen LogP contribution in [0.25, 0.3) is 0 Å². The molecule has 0 saturated heterocycles. The minimum absolute atomic E-state index is 0.0267. The molecule has 4 heteroatoms. The van der Waals surface area contributed by atoms with Crippen LogP contribution in [-0.2, 0) is 11.2 Å². The lowest BCUT2D eigenvalue weighted by molar-refractivity contribution is -0.136. The molecular formula is C28H37NO3. The molecule has 1 aromatic rings. The highest BCUT2D eigenvalue weighted by Gasteiger charge is 2.06. The summed E-state index contributed by atoms with van der Waals surface area (Å²) >= 11 is 0. The molecule has 32 heavy (non-hydrogen) atoms. The Bertz CT molecular complexity index is 835. The van der Waals surface area contributed by atoms with E-state index in [1.165, 1.54) is 4.57 Å².